The number of likely N-dealkylation sites (tertiary alicyclic amines) is 1. The fraction of sp³-hybridized carbons (Fsp3) is 0.579. The summed E-state index contributed by atoms with van der Waals surface area (Å²) < 4.78 is 6.77. The second-order valence-corrected chi connectivity index (χ2v) is 7.69. The zero-order valence-electron chi connectivity index (χ0n) is 16.6. The third kappa shape index (κ3) is 4.36. The summed E-state index contributed by atoms with van der Waals surface area (Å²) in [4.78, 5) is 41.4. The first kappa shape index (κ1) is 19.3. The molecule has 1 aliphatic carbocycles. The van der Waals surface area contributed by atoms with Gasteiger partial charge in [0.15, 0.2) is 5.82 Å². The highest BCUT2D eigenvalue weighted by Crippen LogP contribution is 2.33. The van der Waals surface area contributed by atoms with Crippen LogP contribution in [0.4, 0.5) is 4.79 Å². The number of piperidine rings is 1. The Kier molecular flexibility index (Phi) is 5.41. The highest BCUT2D eigenvalue weighted by molar-refractivity contribution is 5.92. The molecule has 0 N–H and O–H groups in total. The van der Waals surface area contributed by atoms with E-state index in [4.69, 9.17) is 4.74 Å². The summed E-state index contributed by atoms with van der Waals surface area (Å²) in [6.07, 6.45) is 9.03. The fourth-order valence-corrected chi connectivity index (χ4v) is 3.59. The molecule has 1 saturated carbocycles. The molecule has 154 valence electrons. The molecule has 2 amide bonds. The van der Waals surface area contributed by atoms with E-state index in [-0.39, 0.29) is 30.2 Å². The van der Waals surface area contributed by atoms with Crippen molar-refractivity contribution in [2.45, 2.75) is 57.7 Å². The van der Waals surface area contributed by atoms with Gasteiger partial charge < -0.3 is 14.5 Å². The zero-order valence-corrected chi connectivity index (χ0v) is 16.6. The number of rotatable bonds is 5. The Morgan fingerprint density at radius 3 is 2.38 bits per heavy atom. The van der Waals surface area contributed by atoms with E-state index >= 15 is 0 Å². The molecule has 0 spiro atoms. The monoisotopic (exact) mass is 399 g/mol. The minimum absolute atomic E-state index is 0.0925. The number of carbonyl (C=O) groups excluding carboxylic acids is 2. The molecule has 2 fully saturated rings. The van der Waals surface area contributed by atoms with Gasteiger partial charge in [-0.15, -0.1) is 0 Å². The third-order valence-corrected chi connectivity index (χ3v) is 5.14. The van der Waals surface area contributed by atoms with E-state index in [0.717, 1.165) is 25.7 Å². The summed E-state index contributed by atoms with van der Waals surface area (Å²) in [5.74, 6) is 0.405. The van der Waals surface area contributed by atoms with Gasteiger partial charge in [0.05, 0.1) is 18.5 Å². The molecule has 2 aromatic heterocycles. The molecule has 0 atom stereocenters. The van der Waals surface area contributed by atoms with E-state index in [0.29, 0.717) is 24.6 Å². The molecule has 1 saturated heterocycles. The smallest absolute Gasteiger partial charge is 0.410 e. The predicted molar refractivity (Wildman–Crippen MR) is 102 cm³/mol. The SMILES string of the molecule is CC(C)OC(=O)N1CCC(N(C(=O)c2cnc(-n3cncn3)cn2)C2CC2)CC1. The van der Waals surface area contributed by atoms with Crippen LogP contribution in [0.15, 0.2) is 25.0 Å². The van der Waals surface area contributed by atoms with Crippen LogP contribution in [0, 0.1) is 0 Å². The van der Waals surface area contributed by atoms with Crippen LogP contribution >= 0.6 is 0 Å². The van der Waals surface area contributed by atoms with E-state index in [2.05, 4.69) is 20.1 Å². The summed E-state index contributed by atoms with van der Waals surface area (Å²) >= 11 is 0. The summed E-state index contributed by atoms with van der Waals surface area (Å²) in [5.41, 5.74) is 0.322. The van der Waals surface area contributed by atoms with Gasteiger partial charge in [-0.2, -0.15) is 5.10 Å². The molecule has 2 aliphatic rings. The summed E-state index contributed by atoms with van der Waals surface area (Å²) in [7, 11) is 0. The van der Waals surface area contributed by atoms with E-state index in [1.165, 1.54) is 29.7 Å². The van der Waals surface area contributed by atoms with Gasteiger partial charge in [-0.25, -0.2) is 24.4 Å². The summed E-state index contributed by atoms with van der Waals surface area (Å²) in [6.45, 7) is 4.86. The van der Waals surface area contributed by atoms with Crippen molar-refractivity contribution in [3.05, 3.63) is 30.7 Å². The topological polar surface area (TPSA) is 106 Å². The first-order valence-corrected chi connectivity index (χ1v) is 9.98. The lowest BCUT2D eigenvalue weighted by Gasteiger charge is -2.38. The van der Waals surface area contributed by atoms with E-state index in [9.17, 15) is 9.59 Å². The molecule has 0 bridgehead atoms. The zero-order chi connectivity index (χ0) is 20.4. The molecule has 0 radical (unpaired) electrons. The van der Waals surface area contributed by atoms with Crippen molar-refractivity contribution < 1.29 is 14.3 Å². The van der Waals surface area contributed by atoms with Crippen LogP contribution in [0.5, 0.6) is 0 Å². The van der Waals surface area contributed by atoms with Crippen molar-refractivity contribution in [1.29, 1.82) is 0 Å². The highest BCUT2D eigenvalue weighted by Gasteiger charge is 2.40. The average molecular weight is 399 g/mol. The van der Waals surface area contributed by atoms with Crippen molar-refractivity contribution in [3.8, 4) is 5.82 Å². The molecule has 2 aromatic rings. The lowest BCUT2D eigenvalue weighted by Crippen LogP contribution is -2.50. The molecular weight excluding hydrogens is 374 g/mol. The average Bonchev–Trinajstić information content (AvgIpc) is 3.39. The maximum atomic E-state index is 13.2. The molecule has 0 aromatic carbocycles. The van der Waals surface area contributed by atoms with Crippen LogP contribution in [0.2, 0.25) is 0 Å². The molecular formula is C19H25N7O3. The Labute approximate surface area is 168 Å². The van der Waals surface area contributed by atoms with Crippen molar-refractivity contribution in [1.82, 2.24) is 34.5 Å². The quantitative estimate of drug-likeness (QED) is 0.753. The standard InChI is InChI=1S/C19H25N7O3/c1-13(2)29-19(28)24-7-5-15(6-8-24)26(14-3-4-14)18(27)16-9-22-17(10-21-16)25-12-20-11-23-25/h9-15H,3-8H2,1-2H3. The first-order chi connectivity index (χ1) is 14.0. The van der Waals surface area contributed by atoms with Gasteiger partial charge in [0.1, 0.15) is 18.3 Å². The number of hydrogen-bond donors (Lipinski definition) is 0. The first-order valence-electron chi connectivity index (χ1n) is 9.98. The Morgan fingerprint density at radius 1 is 1.10 bits per heavy atom. The largest absolute Gasteiger partial charge is 0.447 e. The van der Waals surface area contributed by atoms with E-state index in [1.807, 2.05) is 18.7 Å². The van der Waals surface area contributed by atoms with Crippen molar-refractivity contribution in [2.75, 3.05) is 13.1 Å². The maximum Gasteiger partial charge on any atom is 0.410 e. The number of nitrogens with zero attached hydrogens (tertiary/aromatic N) is 7. The van der Waals surface area contributed by atoms with Gasteiger partial charge in [-0.1, -0.05) is 0 Å². The Balaban J connectivity index is 1.42. The number of hydrogen-bond acceptors (Lipinski definition) is 7. The normalized spacial score (nSPS) is 17.4. The van der Waals surface area contributed by atoms with Crippen LogP contribution in [-0.2, 0) is 4.74 Å². The van der Waals surface area contributed by atoms with Crippen molar-refractivity contribution >= 4 is 12.0 Å². The minimum atomic E-state index is -0.280. The molecule has 10 heteroatoms. The second kappa shape index (κ2) is 8.14. The summed E-state index contributed by atoms with van der Waals surface area (Å²) in [6, 6.07) is 0.341. The molecule has 29 heavy (non-hydrogen) atoms. The van der Waals surface area contributed by atoms with Crippen LogP contribution in [-0.4, -0.2) is 77.8 Å². The van der Waals surface area contributed by atoms with Crippen molar-refractivity contribution in [3.63, 3.8) is 0 Å². The second-order valence-electron chi connectivity index (χ2n) is 7.69. The number of carbonyl (C=O) groups is 2. The Bertz CT molecular complexity index is 841. The predicted octanol–water partition coefficient (Wildman–Crippen LogP) is 1.67. The molecule has 10 nitrogen and oxygen atoms in total. The molecule has 0 unspecified atom stereocenters. The lowest BCUT2D eigenvalue weighted by atomic mass is 10.0. The van der Waals surface area contributed by atoms with Gasteiger partial charge in [-0.3, -0.25) is 4.79 Å². The van der Waals surface area contributed by atoms with Crippen LogP contribution < -0.4 is 0 Å². The number of amides is 2. The van der Waals surface area contributed by atoms with Crippen LogP contribution in [0.3, 0.4) is 0 Å². The third-order valence-electron chi connectivity index (χ3n) is 5.14. The lowest BCUT2D eigenvalue weighted by molar-refractivity contribution is 0.0447. The van der Waals surface area contributed by atoms with Crippen molar-refractivity contribution in [2.24, 2.45) is 0 Å². The number of aromatic nitrogens is 5. The maximum absolute atomic E-state index is 13.2. The molecule has 4 rings (SSSR count). The van der Waals surface area contributed by atoms with E-state index < -0.39 is 0 Å². The fourth-order valence-electron chi connectivity index (χ4n) is 3.59. The highest BCUT2D eigenvalue weighted by atomic mass is 16.6. The summed E-state index contributed by atoms with van der Waals surface area (Å²) in [5, 5.41) is 4.01. The Morgan fingerprint density at radius 2 is 1.83 bits per heavy atom. The van der Waals surface area contributed by atoms with Gasteiger partial charge in [0.2, 0.25) is 0 Å². The van der Waals surface area contributed by atoms with E-state index in [1.54, 1.807) is 4.90 Å². The van der Waals surface area contributed by atoms with Gasteiger partial charge in [0, 0.05) is 25.2 Å². The van der Waals surface area contributed by atoms with Gasteiger partial charge >= 0.3 is 6.09 Å². The van der Waals surface area contributed by atoms with Gasteiger partial charge in [-0.05, 0) is 39.5 Å². The Hall–Kier alpha value is -3.04. The van der Waals surface area contributed by atoms with Crippen LogP contribution in [0.25, 0.3) is 5.82 Å². The number of ether oxygens (including phenoxy) is 1. The molecule has 1 aliphatic heterocycles. The molecule has 3 heterocycles. The minimum Gasteiger partial charge on any atom is -0.447 e. The van der Waals surface area contributed by atoms with Crippen LogP contribution in [0.1, 0.15) is 50.0 Å². The van der Waals surface area contributed by atoms with Gasteiger partial charge in [0.25, 0.3) is 5.91 Å².